The summed E-state index contributed by atoms with van der Waals surface area (Å²) in [5, 5.41) is 2.68. The molecule has 2 heterocycles. The van der Waals surface area contributed by atoms with Crippen molar-refractivity contribution in [3.05, 3.63) is 117 Å². The van der Waals surface area contributed by atoms with Gasteiger partial charge in [0.15, 0.2) is 11.5 Å². The van der Waals surface area contributed by atoms with Gasteiger partial charge in [-0.15, -0.1) is 0 Å². The first-order valence-corrected chi connectivity index (χ1v) is 10.9. The molecule has 5 rings (SSSR count). The molecule has 3 aromatic carbocycles. The van der Waals surface area contributed by atoms with Crippen molar-refractivity contribution in [3.8, 4) is 17.2 Å². The monoisotopic (exact) mass is 471 g/mol. The summed E-state index contributed by atoms with van der Waals surface area (Å²) in [5.41, 5.74) is 0.672. The van der Waals surface area contributed by atoms with Gasteiger partial charge in [0.2, 0.25) is 6.79 Å². The maximum absolute atomic E-state index is 12.9. The average molecular weight is 471 g/mol. The Hall–Kier alpha value is -4.79. The lowest BCUT2D eigenvalue weighted by Gasteiger charge is -2.10. The number of H-pyrrole nitrogens is 1. The topological polar surface area (TPSA) is 112 Å². The molecule has 0 saturated heterocycles. The number of rotatable bonds is 7. The lowest BCUT2D eigenvalue weighted by molar-refractivity contribution is 0.102. The maximum atomic E-state index is 12.9. The number of anilines is 1. The van der Waals surface area contributed by atoms with Crippen LogP contribution in [0.4, 0.5) is 5.69 Å². The number of ether oxygens (including phenoxy) is 3. The van der Waals surface area contributed by atoms with Crippen LogP contribution in [0.5, 0.6) is 17.2 Å². The zero-order valence-electron chi connectivity index (χ0n) is 18.5. The summed E-state index contributed by atoms with van der Waals surface area (Å²) >= 11 is 0. The van der Waals surface area contributed by atoms with E-state index in [9.17, 15) is 14.4 Å². The van der Waals surface area contributed by atoms with Crippen molar-refractivity contribution in [3.63, 3.8) is 0 Å². The fraction of sp³-hybridized carbons (Fsp3) is 0.115. The van der Waals surface area contributed by atoms with Crippen molar-refractivity contribution in [2.24, 2.45) is 0 Å². The molecule has 0 radical (unpaired) electrons. The smallest absolute Gasteiger partial charge is 0.328 e. The van der Waals surface area contributed by atoms with Gasteiger partial charge in [-0.25, -0.2) is 4.79 Å². The number of aromatic nitrogens is 2. The first-order valence-electron chi connectivity index (χ1n) is 10.9. The molecule has 0 atom stereocenters. The summed E-state index contributed by atoms with van der Waals surface area (Å²) in [6.07, 6.45) is 1.12. The summed E-state index contributed by atoms with van der Waals surface area (Å²) < 4.78 is 17.3. The Labute approximate surface area is 199 Å². The van der Waals surface area contributed by atoms with Gasteiger partial charge < -0.3 is 24.5 Å². The van der Waals surface area contributed by atoms with E-state index in [1.54, 1.807) is 42.5 Å². The number of carbonyl (C=O) groups excluding carboxylic acids is 1. The summed E-state index contributed by atoms with van der Waals surface area (Å²) in [6, 6.07) is 21.7. The highest BCUT2D eigenvalue weighted by atomic mass is 16.7. The maximum Gasteiger partial charge on any atom is 0.328 e. The van der Waals surface area contributed by atoms with Gasteiger partial charge >= 0.3 is 5.69 Å². The highest BCUT2D eigenvalue weighted by Crippen LogP contribution is 2.32. The molecule has 9 nitrogen and oxygen atoms in total. The molecule has 1 amide bonds. The highest BCUT2D eigenvalue weighted by molar-refractivity contribution is 6.03. The van der Waals surface area contributed by atoms with Crippen LogP contribution in [0, 0.1) is 0 Å². The zero-order valence-corrected chi connectivity index (χ0v) is 18.5. The molecular formula is C26H21N3O6. The van der Waals surface area contributed by atoms with Crippen molar-refractivity contribution in [1.29, 1.82) is 0 Å². The quantitative estimate of drug-likeness (QED) is 0.428. The number of nitrogens with zero attached hydrogens (tertiary/aromatic N) is 1. The van der Waals surface area contributed by atoms with Crippen molar-refractivity contribution in [1.82, 2.24) is 9.55 Å². The summed E-state index contributed by atoms with van der Waals surface area (Å²) in [6.45, 7) is 0.515. The second kappa shape index (κ2) is 9.60. The third kappa shape index (κ3) is 4.93. The SMILES string of the molecule is O=C(Nc1ccc(OCc2ccccc2)cc1)c1c[nH]c(=O)n(Cc2ccc3c(c2)OCO3)c1=O. The second-order valence-electron chi connectivity index (χ2n) is 7.84. The molecule has 0 aliphatic carbocycles. The van der Waals surface area contributed by atoms with Crippen molar-refractivity contribution in [2.45, 2.75) is 13.2 Å². The Bertz CT molecular complexity index is 1480. The molecule has 35 heavy (non-hydrogen) atoms. The van der Waals surface area contributed by atoms with Crippen molar-refractivity contribution < 1.29 is 19.0 Å². The van der Waals surface area contributed by atoms with E-state index >= 15 is 0 Å². The fourth-order valence-corrected chi connectivity index (χ4v) is 3.61. The molecule has 9 heteroatoms. The molecule has 1 aliphatic rings. The molecule has 0 bridgehead atoms. The first-order chi connectivity index (χ1) is 17.1. The third-order valence-electron chi connectivity index (χ3n) is 5.44. The number of hydrogen-bond donors (Lipinski definition) is 2. The highest BCUT2D eigenvalue weighted by Gasteiger charge is 2.17. The molecule has 0 spiro atoms. The number of fused-ring (bicyclic) bond motifs is 1. The molecule has 0 unspecified atom stereocenters. The molecule has 2 N–H and O–H groups in total. The summed E-state index contributed by atoms with van der Waals surface area (Å²) in [7, 11) is 0. The minimum atomic E-state index is -0.702. The first kappa shape index (κ1) is 22.0. The van der Waals surface area contributed by atoms with Crippen LogP contribution in [0.1, 0.15) is 21.5 Å². The summed E-state index contributed by atoms with van der Waals surface area (Å²) in [4.78, 5) is 40.5. The van der Waals surface area contributed by atoms with E-state index in [1.165, 1.54) is 0 Å². The number of amides is 1. The van der Waals surface area contributed by atoms with Crippen molar-refractivity contribution >= 4 is 11.6 Å². The standard InChI is InChI=1S/C26H21N3O6/c30-24(28-19-7-9-20(10-8-19)33-15-17-4-2-1-3-5-17)21-13-27-26(32)29(25(21)31)14-18-6-11-22-23(12-18)35-16-34-22/h1-13H,14-16H2,(H,27,32)(H,28,30). The van der Waals surface area contributed by atoms with Crippen LogP contribution in [0.25, 0.3) is 0 Å². The Balaban J connectivity index is 1.28. The Morgan fingerprint density at radius 3 is 2.51 bits per heavy atom. The van der Waals surface area contributed by atoms with Gasteiger partial charge in [-0.05, 0) is 47.5 Å². The van der Waals surface area contributed by atoms with Gasteiger partial charge in [0.1, 0.15) is 17.9 Å². The number of aromatic amines is 1. The van der Waals surface area contributed by atoms with Crippen LogP contribution in [0.3, 0.4) is 0 Å². The van der Waals surface area contributed by atoms with Crippen LogP contribution in [0.15, 0.2) is 88.6 Å². The van der Waals surface area contributed by atoms with E-state index in [2.05, 4.69) is 10.3 Å². The summed E-state index contributed by atoms with van der Waals surface area (Å²) in [5.74, 6) is 1.14. The molecule has 0 saturated carbocycles. The molecule has 176 valence electrons. The van der Waals surface area contributed by atoms with Gasteiger partial charge in [0.25, 0.3) is 11.5 Å². The minimum Gasteiger partial charge on any atom is -0.489 e. The van der Waals surface area contributed by atoms with Crippen LogP contribution < -0.4 is 30.8 Å². The number of benzene rings is 3. The third-order valence-corrected chi connectivity index (χ3v) is 5.44. The molecule has 0 fully saturated rings. The lowest BCUT2D eigenvalue weighted by Crippen LogP contribution is -2.39. The van der Waals surface area contributed by atoms with Crippen LogP contribution >= 0.6 is 0 Å². The van der Waals surface area contributed by atoms with E-state index in [-0.39, 0.29) is 18.9 Å². The average Bonchev–Trinajstić information content (AvgIpc) is 3.35. The molecule has 1 aliphatic heterocycles. The second-order valence-corrected chi connectivity index (χ2v) is 7.84. The lowest BCUT2D eigenvalue weighted by atomic mass is 10.2. The normalized spacial score (nSPS) is 11.8. The van der Waals surface area contributed by atoms with E-state index in [0.717, 1.165) is 16.3 Å². The van der Waals surface area contributed by atoms with E-state index < -0.39 is 17.2 Å². The number of nitrogens with one attached hydrogen (secondary N) is 2. The van der Waals surface area contributed by atoms with E-state index in [4.69, 9.17) is 14.2 Å². The zero-order chi connectivity index (χ0) is 24.2. The fourth-order valence-electron chi connectivity index (χ4n) is 3.61. The van der Waals surface area contributed by atoms with Gasteiger partial charge in [0, 0.05) is 11.9 Å². The van der Waals surface area contributed by atoms with E-state index in [1.807, 2.05) is 30.3 Å². The van der Waals surface area contributed by atoms with Crippen LogP contribution in [-0.4, -0.2) is 22.3 Å². The van der Waals surface area contributed by atoms with Gasteiger partial charge in [-0.1, -0.05) is 36.4 Å². The largest absolute Gasteiger partial charge is 0.489 e. The van der Waals surface area contributed by atoms with Gasteiger partial charge in [0.05, 0.1) is 6.54 Å². The van der Waals surface area contributed by atoms with Crippen molar-refractivity contribution in [2.75, 3.05) is 12.1 Å². The molecular weight excluding hydrogens is 450 g/mol. The Morgan fingerprint density at radius 1 is 0.943 bits per heavy atom. The Kier molecular flexibility index (Phi) is 6.04. The van der Waals surface area contributed by atoms with Crippen LogP contribution in [0.2, 0.25) is 0 Å². The van der Waals surface area contributed by atoms with Gasteiger partial charge in [-0.2, -0.15) is 0 Å². The number of hydrogen-bond acceptors (Lipinski definition) is 6. The van der Waals surface area contributed by atoms with E-state index in [0.29, 0.717) is 35.1 Å². The van der Waals surface area contributed by atoms with Gasteiger partial charge in [-0.3, -0.25) is 14.2 Å². The predicted octanol–water partition coefficient (Wildman–Crippen LogP) is 3.14. The Morgan fingerprint density at radius 2 is 1.71 bits per heavy atom. The predicted molar refractivity (Wildman–Crippen MR) is 128 cm³/mol. The van der Waals surface area contributed by atoms with Crippen LogP contribution in [-0.2, 0) is 13.2 Å². The molecule has 1 aromatic heterocycles. The number of carbonyl (C=O) groups is 1. The minimum absolute atomic E-state index is 0.0284. The molecule has 4 aromatic rings.